The fourth-order valence-electron chi connectivity index (χ4n) is 2.10. The van der Waals surface area contributed by atoms with E-state index in [0.717, 1.165) is 17.0 Å². The summed E-state index contributed by atoms with van der Waals surface area (Å²) < 4.78 is 14.8. The molecule has 0 aliphatic heterocycles. The van der Waals surface area contributed by atoms with Gasteiger partial charge in [0.1, 0.15) is 11.9 Å². The Labute approximate surface area is 123 Å². The maximum absolute atomic E-state index is 13.1. The van der Waals surface area contributed by atoms with Crippen LogP contribution in [0.5, 0.6) is 0 Å². The molecule has 1 heterocycles. The van der Waals surface area contributed by atoms with Crippen molar-refractivity contribution in [3.63, 3.8) is 0 Å². The van der Waals surface area contributed by atoms with Gasteiger partial charge in [-0.1, -0.05) is 0 Å². The first-order chi connectivity index (χ1) is 9.81. The summed E-state index contributed by atoms with van der Waals surface area (Å²) in [6.45, 7) is 7.57. The summed E-state index contributed by atoms with van der Waals surface area (Å²) in [5.41, 5.74) is 8.88. The second-order valence-electron chi connectivity index (χ2n) is 5.14. The minimum atomic E-state index is -0.504. The highest BCUT2D eigenvalue weighted by Gasteiger charge is 2.20. The first-order valence-corrected chi connectivity index (χ1v) is 6.69. The molecule has 0 aliphatic rings. The summed E-state index contributed by atoms with van der Waals surface area (Å²) in [5.74, 6) is -0.734. The molecule has 1 amide bonds. The van der Waals surface area contributed by atoms with Crippen molar-refractivity contribution in [1.29, 1.82) is 0 Å². The Hall–Kier alpha value is -2.37. The third kappa shape index (κ3) is 2.89. The molecule has 0 saturated heterocycles. The summed E-state index contributed by atoms with van der Waals surface area (Å²) in [6.07, 6.45) is 0. The van der Waals surface area contributed by atoms with Crippen molar-refractivity contribution in [3.8, 4) is 0 Å². The Morgan fingerprint density at radius 2 is 2.05 bits per heavy atom. The monoisotopic (exact) mass is 290 g/mol. The molecule has 1 aromatic carbocycles. The summed E-state index contributed by atoms with van der Waals surface area (Å²) in [6, 6.07) is 3.63. The fourth-order valence-corrected chi connectivity index (χ4v) is 2.10. The number of rotatable bonds is 3. The number of aryl methyl sites for hydroxylation is 1. The van der Waals surface area contributed by atoms with Gasteiger partial charge < -0.3 is 11.1 Å². The first kappa shape index (κ1) is 15.0. The van der Waals surface area contributed by atoms with E-state index in [4.69, 9.17) is 5.73 Å². The van der Waals surface area contributed by atoms with Gasteiger partial charge >= 0.3 is 0 Å². The molecule has 2 aromatic rings. The Balaban J connectivity index is 2.19. The number of nitrogens with one attached hydrogen (secondary N) is 1. The van der Waals surface area contributed by atoms with Gasteiger partial charge in [0.15, 0.2) is 0 Å². The number of nitrogen functional groups attached to an aromatic ring is 1. The van der Waals surface area contributed by atoms with Gasteiger partial charge in [-0.05, 0) is 51.5 Å². The summed E-state index contributed by atoms with van der Waals surface area (Å²) in [4.78, 5) is 12.3. The average Bonchev–Trinajstić information content (AvgIpc) is 2.69. The number of nitrogens with zero attached hydrogens (tertiary/aromatic N) is 2. The van der Waals surface area contributed by atoms with Crippen molar-refractivity contribution >= 4 is 17.3 Å². The van der Waals surface area contributed by atoms with E-state index in [-0.39, 0.29) is 11.6 Å². The molecular formula is C15H19FN4O. The highest BCUT2D eigenvalue weighted by Crippen LogP contribution is 2.20. The average molecular weight is 290 g/mol. The molecule has 1 atom stereocenters. The van der Waals surface area contributed by atoms with E-state index in [2.05, 4.69) is 10.4 Å². The van der Waals surface area contributed by atoms with E-state index in [1.807, 2.05) is 20.8 Å². The van der Waals surface area contributed by atoms with Crippen LogP contribution in [0.15, 0.2) is 18.2 Å². The predicted molar refractivity (Wildman–Crippen MR) is 80.6 cm³/mol. The zero-order valence-electron chi connectivity index (χ0n) is 12.6. The first-order valence-electron chi connectivity index (χ1n) is 6.69. The Morgan fingerprint density at radius 3 is 2.57 bits per heavy atom. The van der Waals surface area contributed by atoms with Crippen LogP contribution in [0.1, 0.15) is 29.9 Å². The Bertz CT molecular complexity index is 693. The number of hydrogen-bond acceptors (Lipinski definition) is 3. The Morgan fingerprint density at radius 1 is 1.38 bits per heavy atom. The lowest BCUT2D eigenvalue weighted by Gasteiger charge is -2.15. The maximum atomic E-state index is 13.1. The molecule has 1 aromatic heterocycles. The highest BCUT2D eigenvalue weighted by molar-refractivity contribution is 5.93. The summed E-state index contributed by atoms with van der Waals surface area (Å²) in [5, 5.41) is 7.09. The lowest BCUT2D eigenvalue weighted by Crippen LogP contribution is -2.25. The van der Waals surface area contributed by atoms with E-state index in [1.54, 1.807) is 11.6 Å². The standard InChI is InChI=1S/C15H19FN4O/c1-8-9(2)19-20(10(8)3)11(4)15(21)18-12-5-6-13(16)14(17)7-12/h5-7,11H,17H2,1-4H3,(H,18,21). The van der Waals surface area contributed by atoms with Gasteiger partial charge in [0, 0.05) is 11.4 Å². The number of carbonyl (C=O) groups is 1. The third-order valence-electron chi connectivity index (χ3n) is 3.70. The predicted octanol–water partition coefficient (Wildman–Crippen LogP) is 2.73. The molecule has 0 saturated carbocycles. The number of hydrogen-bond donors (Lipinski definition) is 2. The molecular weight excluding hydrogens is 271 g/mol. The van der Waals surface area contributed by atoms with Gasteiger partial charge in [0.05, 0.1) is 11.4 Å². The lowest BCUT2D eigenvalue weighted by atomic mass is 10.2. The number of amides is 1. The van der Waals surface area contributed by atoms with Crippen molar-refractivity contribution < 1.29 is 9.18 Å². The van der Waals surface area contributed by atoms with Crippen LogP contribution in [-0.4, -0.2) is 15.7 Å². The molecule has 112 valence electrons. The van der Waals surface area contributed by atoms with Gasteiger partial charge in [0.2, 0.25) is 5.91 Å². The number of carbonyl (C=O) groups excluding carboxylic acids is 1. The largest absolute Gasteiger partial charge is 0.396 e. The van der Waals surface area contributed by atoms with Gasteiger partial charge in [0.25, 0.3) is 0 Å². The van der Waals surface area contributed by atoms with E-state index >= 15 is 0 Å². The second kappa shape index (κ2) is 5.55. The molecule has 1 unspecified atom stereocenters. The van der Waals surface area contributed by atoms with Crippen molar-refractivity contribution in [2.45, 2.75) is 33.7 Å². The molecule has 0 spiro atoms. The summed E-state index contributed by atoms with van der Waals surface area (Å²) in [7, 11) is 0. The lowest BCUT2D eigenvalue weighted by molar-refractivity contribution is -0.119. The van der Waals surface area contributed by atoms with Crippen LogP contribution in [0.3, 0.4) is 0 Å². The number of halogens is 1. The fraction of sp³-hybridized carbons (Fsp3) is 0.333. The zero-order valence-corrected chi connectivity index (χ0v) is 12.6. The van der Waals surface area contributed by atoms with Crippen LogP contribution < -0.4 is 11.1 Å². The van der Waals surface area contributed by atoms with Gasteiger partial charge in [-0.25, -0.2) is 4.39 Å². The van der Waals surface area contributed by atoms with E-state index < -0.39 is 11.9 Å². The second-order valence-corrected chi connectivity index (χ2v) is 5.14. The van der Waals surface area contributed by atoms with Crippen LogP contribution in [-0.2, 0) is 4.79 Å². The van der Waals surface area contributed by atoms with Gasteiger partial charge in [-0.2, -0.15) is 5.10 Å². The maximum Gasteiger partial charge on any atom is 0.248 e. The molecule has 0 bridgehead atoms. The quantitative estimate of drug-likeness (QED) is 0.854. The zero-order chi connectivity index (χ0) is 15.7. The Kier molecular flexibility index (Phi) is 3.97. The molecule has 0 fully saturated rings. The van der Waals surface area contributed by atoms with Gasteiger partial charge in [-0.3, -0.25) is 9.48 Å². The smallest absolute Gasteiger partial charge is 0.248 e. The van der Waals surface area contributed by atoms with Gasteiger partial charge in [-0.15, -0.1) is 0 Å². The van der Waals surface area contributed by atoms with Crippen LogP contribution in [0.2, 0.25) is 0 Å². The highest BCUT2D eigenvalue weighted by atomic mass is 19.1. The molecule has 3 N–H and O–H groups in total. The third-order valence-corrected chi connectivity index (χ3v) is 3.70. The SMILES string of the molecule is Cc1nn(C(C)C(=O)Nc2ccc(F)c(N)c2)c(C)c1C. The van der Waals surface area contributed by atoms with E-state index in [1.165, 1.54) is 18.2 Å². The van der Waals surface area contributed by atoms with Crippen molar-refractivity contribution in [2.24, 2.45) is 0 Å². The molecule has 6 heteroatoms. The van der Waals surface area contributed by atoms with Crippen LogP contribution in [0, 0.1) is 26.6 Å². The normalized spacial score (nSPS) is 12.2. The molecule has 5 nitrogen and oxygen atoms in total. The molecule has 21 heavy (non-hydrogen) atoms. The van der Waals surface area contributed by atoms with E-state index in [0.29, 0.717) is 5.69 Å². The molecule has 0 radical (unpaired) electrons. The molecule has 0 aliphatic carbocycles. The van der Waals surface area contributed by atoms with Crippen molar-refractivity contribution in [3.05, 3.63) is 41.0 Å². The minimum Gasteiger partial charge on any atom is -0.396 e. The van der Waals surface area contributed by atoms with Crippen LogP contribution in [0.4, 0.5) is 15.8 Å². The van der Waals surface area contributed by atoms with Crippen molar-refractivity contribution in [1.82, 2.24) is 9.78 Å². The minimum absolute atomic E-state index is 0.00223. The van der Waals surface area contributed by atoms with Crippen LogP contribution >= 0.6 is 0 Å². The number of benzene rings is 1. The van der Waals surface area contributed by atoms with E-state index in [9.17, 15) is 9.18 Å². The molecule has 2 rings (SSSR count). The van der Waals surface area contributed by atoms with Crippen LogP contribution in [0.25, 0.3) is 0 Å². The van der Waals surface area contributed by atoms with Crippen molar-refractivity contribution in [2.75, 3.05) is 11.1 Å². The number of aromatic nitrogens is 2. The summed E-state index contributed by atoms with van der Waals surface area (Å²) >= 11 is 0. The topological polar surface area (TPSA) is 72.9 Å². The number of anilines is 2. The number of nitrogens with two attached hydrogens (primary N) is 1.